The minimum Gasteiger partial charge on any atom is -0.383 e. The fourth-order valence-electron chi connectivity index (χ4n) is 2.11. The molecule has 0 atom stereocenters. The van der Waals surface area contributed by atoms with Gasteiger partial charge in [-0.15, -0.1) is 0 Å². The van der Waals surface area contributed by atoms with Crippen LogP contribution in [0.4, 0.5) is 17.3 Å². The Hall–Kier alpha value is -2.10. The molecule has 4 heteroatoms. The van der Waals surface area contributed by atoms with E-state index >= 15 is 0 Å². The average Bonchev–Trinajstić information content (AvgIpc) is 2.45. The molecule has 0 aliphatic carbocycles. The summed E-state index contributed by atoms with van der Waals surface area (Å²) >= 11 is 0. The maximum Gasteiger partial charge on any atom is 0.139 e. The quantitative estimate of drug-likeness (QED) is 0.864. The number of nitrogens with two attached hydrogens (primary N) is 1. The van der Waals surface area contributed by atoms with E-state index in [1.165, 1.54) is 5.56 Å². The number of anilines is 3. The van der Waals surface area contributed by atoms with Gasteiger partial charge < -0.3 is 11.1 Å². The molecule has 3 N–H and O–H groups in total. The molecule has 1 aromatic heterocycles. The summed E-state index contributed by atoms with van der Waals surface area (Å²) in [4.78, 5) is 8.92. The smallest absolute Gasteiger partial charge is 0.139 e. The normalized spacial score (nSPS) is 10.9. The molecule has 1 aromatic carbocycles. The van der Waals surface area contributed by atoms with Gasteiger partial charge in [-0.1, -0.05) is 39.3 Å². The first-order valence-electron chi connectivity index (χ1n) is 7.51. The number of nitrogens with zero attached hydrogens (tertiary/aromatic N) is 2. The highest BCUT2D eigenvalue weighted by Crippen LogP contribution is 2.24. The minimum absolute atomic E-state index is 0.250. The van der Waals surface area contributed by atoms with Gasteiger partial charge >= 0.3 is 0 Å². The van der Waals surface area contributed by atoms with Crippen molar-refractivity contribution in [1.29, 1.82) is 0 Å². The van der Waals surface area contributed by atoms with Gasteiger partial charge in [-0.3, -0.25) is 0 Å². The van der Waals surface area contributed by atoms with Gasteiger partial charge in [-0.2, -0.15) is 0 Å². The molecule has 1 heterocycles. The highest BCUT2D eigenvalue weighted by atomic mass is 15.1. The highest BCUT2D eigenvalue weighted by Gasteiger charge is 2.11. The summed E-state index contributed by atoms with van der Waals surface area (Å²) in [7, 11) is 0. The van der Waals surface area contributed by atoms with E-state index in [-0.39, 0.29) is 5.92 Å². The minimum atomic E-state index is 0.250. The Labute approximate surface area is 126 Å². The van der Waals surface area contributed by atoms with E-state index in [4.69, 9.17) is 5.73 Å². The first-order valence-corrected chi connectivity index (χ1v) is 7.51. The van der Waals surface area contributed by atoms with Crippen molar-refractivity contribution in [3.05, 3.63) is 41.2 Å². The second kappa shape index (κ2) is 6.57. The highest BCUT2D eigenvalue weighted by molar-refractivity contribution is 5.63. The predicted molar refractivity (Wildman–Crippen MR) is 89.0 cm³/mol. The lowest BCUT2D eigenvalue weighted by molar-refractivity contribution is 0.776. The maximum atomic E-state index is 5.99. The molecule has 0 aliphatic rings. The van der Waals surface area contributed by atoms with Crippen LogP contribution in [-0.2, 0) is 6.42 Å². The molecule has 0 fully saturated rings. The van der Waals surface area contributed by atoms with Crippen LogP contribution in [0.25, 0.3) is 0 Å². The maximum absolute atomic E-state index is 5.99. The lowest BCUT2D eigenvalue weighted by Crippen LogP contribution is -2.08. The second-order valence-electron chi connectivity index (χ2n) is 5.67. The molecule has 21 heavy (non-hydrogen) atoms. The first kappa shape index (κ1) is 15.3. The molecule has 4 nitrogen and oxygen atoms in total. The zero-order chi connectivity index (χ0) is 15.4. The van der Waals surface area contributed by atoms with Gasteiger partial charge in [-0.05, 0) is 31.0 Å². The van der Waals surface area contributed by atoms with Gasteiger partial charge in [0.15, 0.2) is 0 Å². The summed E-state index contributed by atoms with van der Waals surface area (Å²) in [6.45, 7) is 8.25. The Kier molecular flexibility index (Phi) is 4.78. The van der Waals surface area contributed by atoms with Crippen LogP contribution in [0.2, 0.25) is 0 Å². The van der Waals surface area contributed by atoms with Crippen LogP contribution < -0.4 is 11.1 Å². The Morgan fingerprint density at radius 3 is 2.38 bits per heavy atom. The van der Waals surface area contributed by atoms with Crippen LogP contribution in [0.1, 0.15) is 50.1 Å². The summed E-state index contributed by atoms with van der Waals surface area (Å²) in [6, 6.07) is 8.46. The van der Waals surface area contributed by atoms with Gasteiger partial charge in [0.1, 0.15) is 17.5 Å². The molecule has 0 bridgehead atoms. The second-order valence-corrected chi connectivity index (χ2v) is 5.67. The molecule has 0 unspecified atom stereocenters. The summed E-state index contributed by atoms with van der Waals surface area (Å²) in [5.74, 6) is 2.34. The third kappa shape index (κ3) is 3.72. The summed E-state index contributed by atoms with van der Waals surface area (Å²) in [5.41, 5.74) is 9.24. The van der Waals surface area contributed by atoms with Crippen molar-refractivity contribution in [2.24, 2.45) is 0 Å². The number of benzene rings is 1. The van der Waals surface area contributed by atoms with E-state index in [0.29, 0.717) is 5.82 Å². The molecule has 0 saturated heterocycles. The molecular weight excluding hydrogens is 260 g/mol. The number of nitrogen functional groups attached to an aromatic ring is 1. The largest absolute Gasteiger partial charge is 0.383 e. The number of hydrogen-bond donors (Lipinski definition) is 2. The molecule has 2 rings (SSSR count). The molecular formula is C17H24N4. The van der Waals surface area contributed by atoms with Crippen LogP contribution in [0, 0.1) is 6.92 Å². The Balaban J connectivity index is 2.26. The molecule has 0 saturated carbocycles. The SMILES string of the molecule is CCCc1ccc(Nc2nc(C(C)C)nc(N)c2C)cc1. The van der Waals surface area contributed by atoms with Gasteiger partial charge in [0.05, 0.1) is 0 Å². The van der Waals surface area contributed by atoms with Crippen molar-refractivity contribution in [1.82, 2.24) is 9.97 Å². The predicted octanol–water partition coefficient (Wildman–Crippen LogP) is 4.19. The first-order chi connectivity index (χ1) is 10.0. The number of hydrogen-bond acceptors (Lipinski definition) is 4. The molecule has 0 spiro atoms. The van der Waals surface area contributed by atoms with Crippen molar-refractivity contribution in [3.63, 3.8) is 0 Å². The number of nitrogens with one attached hydrogen (secondary N) is 1. The van der Waals surface area contributed by atoms with Crippen molar-refractivity contribution in [2.75, 3.05) is 11.1 Å². The van der Waals surface area contributed by atoms with E-state index in [2.05, 4.69) is 60.3 Å². The van der Waals surface area contributed by atoms with E-state index in [1.54, 1.807) is 0 Å². The zero-order valence-corrected chi connectivity index (χ0v) is 13.3. The summed E-state index contributed by atoms with van der Waals surface area (Å²) in [5, 5.41) is 3.35. The number of aryl methyl sites for hydroxylation is 1. The van der Waals surface area contributed by atoms with E-state index in [1.807, 2.05) is 6.92 Å². The average molecular weight is 284 g/mol. The van der Waals surface area contributed by atoms with E-state index in [9.17, 15) is 0 Å². The van der Waals surface area contributed by atoms with E-state index in [0.717, 1.165) is 35.7 Å². The van der Waals surface area contributed by atoms with Crippen LogP contribution in [0.5, 0.6) is 0 Å². The fraction of sp³-hybridized carbons (Fsp3) is 0.412. The molecule has 0 amide bonds. The molecule has 2 aromatic rings. The monoisotopic (exact) mass is 284 g/mol. The lowest BCUT2D eigenvalue weighted by Gasteiger charge is -2.13. The van der Waals surface area contributed by atoms with Gasteiger partial charge in [-0.25, -0.2) is 9.97 Å². The topological polar surface area (TPSA) is 63.8 Å². The molecule has 0 aliphatic heterocycles. The molecule has 0 radical (unpaired) electrons. The Morgan fingerprint density at radius 2 is 1.81 bits per heavy atom. The van der Waals surface area contributed by atoms with Crippen molar-refractivity contribution in [2.45, 2.75) is 46.5 Å². The van der Waals surface area contributed by atoms with E-state index < -0.39 is 0 Å². The Morgan fingerprint density at radius 1 is 1.14 bits per heavy atom. The summed E-state index contributed by atoms with van der Waals surface area (Å²) in [6.07, 6.45) is 2.27. The Bertz CT molecular complexity index is 603. The fourth-order valence-corrected chi connectivity index (χ4v) is 2.11. The van der Waals surface area contributed by atoms with Crippen LogP contribution in [0.15, 0.2) is 24.3 Å². The number of aromatic nitrogens is 2. The summed E-state index contributed by atoms with van der Waals surface area (Å²) < 4.78 is 0. The van der Waals surface area contributed by atoms with Crippen molar-refractivity contribution in [3.8, 4) is 0 Å². The number of rotatable bonds is 5. The van der Waals surface area contributed by atoms with Gasteiger partial charge in [0.25, 0.3) is 0 Å². The third-order valence-corrected chi connectivity index (χ3v) is 3.47. The van der Waals surface area contributed by atoms with Gasteiger partial charge in [0.2, 0.25) is 0 Å². The van der Waals surface area contributed by atoms with Crippen molar-refractivity contribution >= 4 is 17.3 Å². The van der Waals surface area contributed by atoms with Crippen LogP contribution >= 0.6 is 0 Å². The zero-order valence-electron chi connectivity index (χ0n) is 13.3. The lowest BCUT2D eigenvalue weighted by atomic mass is 10.1. The van der Waals surface area contributed by atoms with Crippen molar-refractivity contribution < 1.29 is 0 Å². The van der Waals surface area contributed by atoms with Gasteiger partial charge in [0, 0.05) is 17.2 Å². The van der Waals surface area contributed by atoms with Crippen LogP contribution in [0.3, 0.4) is 0 Å². The third-order valence-electron chi connectivity index (χ3n) is 3.47. The standard InChI is InChI=1S/C17H24N4/c1-5-6-13-7-9-14(10-8-13)19-17-12(4)15(18)20-16(21-17)11(2)3/h7-11H,5-6H2,1-4H3,(H3,18,19,20,21). The van der Waals surface area contributed by atoms with Crippen LogP contribution in [-0.4, -0.2) is 9.97 Å². The molecule has 112 valence electrons.